The van der Waals surface area contributed by atoms with Gasteiger partial charge in [-0.15, -0.1) is 0 Å². The lowest BCUT2D eigenvalue weighted by atomic mass is 10.1. The molecule has 1 amide bonds. The second-order valence-corrected chi connectivity index (χ2v) is 10.2. The zero-order valence-electron chi connectivity index (χ0n) is 21.6. The lowest BCUT2D eigenvalue weighted by Crippen LogP contribution is -2.38. The summed E-state index contributed by atoms with van der Waals surface area (Å²) in [6, 6.07) is 15.1. The number of amides is 1. The fourth-order valence-electron chi connectivity index (χ4n) is 3.63. The zero-order valence-corrected chi connectivity index (χ0v) is 22.4. The fraction of sp³-hybridized carbons (Fsp3) is 0.222. The molecule has 11 heteroatoms. The van der Waals surface area contributed by atoms with E-state index < -0.39 is 34.4 Å². The first kappa shape index (κ1) is 28.2. The molecule has 0 aliphatic heterocycles. The number of anilines is 2. The highest BCUT2D eigenvalue weighted by Crippen LogP contribution is 2.33. The van der Waals surface area contributed by atoms with Crippen molar-refractivity contribution in [3.63, 3.8) is 0 Å². The third-order valence-corrected chi connectivity index (χ3v) is 7.39. The van der Waals surface area contributed by atoms with Gasteiger partial charge in [-0.2, -0.15) is 0 Å². The average molecular weight is 541 g/mol. The van der Waals surface area contributed by atoms with Gasteiger partial charge in [0, 0.05) is 0 Å². The summed E-state index contributed by atoms with van der Waals surface area (Å²) in [4.78, 5) is 37.6. The first-order valence-corrected chi connectivity index (χ1v) is 12.8. The lowest BCUT2D eigenvalue weighted by molar-refractivity contribution is -0.114. The van der Waals surface area contributed by atoms with E-state index in [0.29, 0.717) is 0 Å². The van der Waals surface area contributed by atoms with Crippen LogP contribution in [0.4, 0.5) is 11.4 Å². The molecule has 0 heterocycles. The van der Waals surface area contributed by atoms with Crippen molar-refractivity contribution < 1.29 is 37.0 Å². The van der Waals surface area contributed by atoms with E-state index >= 15 is 0 Å². The van der Waals surface area contributed by atoms with Crippen LogP contribution in [0.15, 0.2) is 65.6 Å². The van der Waals surface area contributed by atoms with Crippen molar-refractivity contribution in [3.05, 3.63) is 82.9 Å². The first-order valence-electron chi connectivity index (χ1n) is 11.4. The van der Waals surface area contributed by atoms with Gasteiger partial charge in [-0.3, -0.25) is 9.10 Å². The van der Waals surface area contributed by atoms with Crippen molar-refractivity contribution in [2.24, 2.45) is 0 Å². The number of hydrogen-bond acceptors (Lipinski definition) is 8. The molecule has 0 spiro atoms. The van der Waals surface area contributed by atoms with Crippen LogP contribution in [0.2, 0.25) is 0 Å². The van der Waals surface area contributed by atoms with Crippen molar-refractivity contribution in [3.8, 4) is 5.75 Å². The molecule has 0 aromatic heterocycles. The summed E-state index contributed by atoms with van der Waals surface area (Å²) in [6.07, 6.45) is 0. The lowest BCUT2D eigenvalue weighted by Gasteiger charge is -2.26. The van der Waals surface area contributed by atoms with Gasteiger partial charge in [-0.05, 0) is 61.9 Å². The van der Waals surface area contributed by atoms with Crippen LogP contribution >= 0.6 is 0 Å². The molecule has 0 aliphatic carbocycles. The Kier molecular flexibility index (Phi) is 8.74. The van der Waals surface area contributed by atoms with Gasteiger partial charge in [0.15, 0.2) is 0 Å². The number of sulfonamides is 1. The maximum atomic E-state index is 13.8. The molecule has 0 bridgehead atoms. The number of carbonyl (C=O) groups excluding carboxylic acids is 3. The largest absolute Gasteiger partial charge is 0.495 e. The molecule has 0 saturated carbocycles. The SMILES string of the molecule is COC(=O)c1ccc(C(=O)OC)c(NC(=O)CN(c2cc(C)ccc2OC)S(=O)(=O)c2ccc(C)cc2)c1. The fourth-order valence-corrected chi connectivity index (χ4v) is 5.06. The second-order valence-electron chi connectivity index (χ2n) is 8.29. The molecule has 0 aliphatic rings. The van der Waals surface area contributed by atoms with Gasteiger partial charge in [0.1, 0.15) is 12.3 Å². The third kappa shape index (κ3) is 6.12. The molecule has 0 atom stereocenters. The van der Waals surface area contributed by atoms with Crippen molar-refractivity contribution in [2.45, 2.75) is 18.7 Å². The number of benzene rings is 3. The number of ether oxygens (including phenoxy) is 3. The standard InChI is InChI=1S/C27H28N2O8S/c1-17-6-10-20(11-7-17)38(33,34)29(23-14-18(2)8-13-24(23)35-3)16-25(30)28-22-15-19(26(31)36-4)9-12-21(22)27(32)37-5/h6-15H,16H2,1-5H3,(H,28,30). The Labute approximate surface area is 221 Å². The van der Waals surface area contributed by atoms with Crippen molar-refractivity contribution in [2.75, 3.05) is 37.5 Å². The van der Waals surface area contributed by atoms with Gasteiger partial charge in [0.2, 0.25) is 5.91 Å². The minimum Gasteiger partial charge on any atom is -0.495 e. The third-order valence-electron chi connectivity index (χ3n) is 5.62. The smallest absolute Gasteiger partial charge is 0.339 e. The summed E-state index contributed by atoms with van der Waals surface area (Å²) in [5.41, 5.74) is 1.74. The average Bonchev–Trinajstić information content (AvgIpc) is 2.90. The monoisotopic (exact) mass is 540 g/mol. The number of hydrogen-bond donors (Lipinski definition) is 1. The highest BCUT2D eigenvalue weighted by molar-refractivity contribution is 7.92. The summed E-state index contributed by atoms with van der Waals surface area (Å²) in [7, 11) is -0.482. The summed E-state index contributed by atoms with van der Waals surface area (Å²) in [6.45, 7) is 2.94. The molecular formula is C27H28N2O8S. The summed E-state index contributed by atoms with van der Waals surface area (Å²) >= 11 is 0. The van der Waals surface area contributed by atoms with Crippen molar-refractivity contribution in [1.29, 1.82) is 0 Å². The van der Waals surface area contributed by atoms with Crippen LogP contribution in [0, 0.1) is 13.8 Å². The van der Waals surface area contributed by atoms with E-state index in [-0.39, 0.29) is 33.1 Å². The minimum atomic E-state index is -4.24. The van der Waals surface area contributed by atoms with Crippen LogP contribution in [-0.4, -0.2) is 54.1 Å². The maximum Gasteiger partial charge on any atom is 0.339 e. The van der Waals surface area contributed by atoms with Crippen molar-refractivity contribution >= 4 is 39.2 Å². The van der Waals surface area contributed by atoms with Crippen LogP contribution in [0.1, 0.15) is 31.8 Å². The van der Waals surface area contributed by atoms with Crippen LogP contribution < -0.4 is 14.4 Å². The van der Waals surface area contributed by atoms with Gasteiger partial charge in [0.05, 0.1) is 48.7 Å². The Morgan fingerprint density at radius 1 is 0.816 bits per heavy atom. The topological polar surface area (TPSA) is 128 Å². The van der Waals surface area contributed by atoms with Gasteiger partial charge in [-0.25, -0.2) is 18.0 Å². The molecule has 1 N–H and O–H groups in total. The predicted octanol–water partition coefficient (Wildman–Crippen LogP) is 3.72. The van der Waals surface area contributed by atoms with E-state index in [1.165, 1.54) is 51.7 Å². The summed E-state index contributed by atoms with van der Waals surface area (Å²) in [5.74, 6) is -2.00. The van der Waals surface area contributed by atoms with Gasteiger partial charge < -0.3 is 19.5 Å². The number of rotatable bonds is 9. The molecule has 200 valence electrons. The van der Waals surface area contributed by atoms with E-state index in [1.807, 2.05) is 6.92 Å². The molecule has 38 heavy (non-hydrogen) atoms. The number of carbonyl (C=O) groups is 3. The Bertz CT molecular complexity index is 1470. The number of aryl methyl sites for hydroxylation is 2. The molecule has 0 unspecified atom stereocenters. The zero-order chi connectivity index (χ0) is 28.0. The molecule has 3 aromatic rings. The molecule has 10 nitrogen and oxygen atoms in total. The maximum absolute atomic E-state index is 13.8. The van der Waals surface area contributed by atoms with Crippen LogP contribution in [-0.2, 0) is 24.3 Å². The van der Waals surface area contributed by atoms with Crippen LogP contribution in [0.3, 0.4) is 0 Å². The van der Waals surface area contributed by atoms with E-state index in [9.17, 15) is 22.8 Å². The highest BCUT2D eigenvalue weighted by Gasteiger charge is 2.30. The van der Waals surface area contributed by atoms with E-state index in [2.05, 4.69) is 5.32 Å². The van der Waals surface area contributed by atoms with Gasteiger partial charge in [-0.1, -0.05) is 23.8 Å². The Hall–Kier alpha value is -4.38. The Balaban J connectivity index is 2.08. The normalized spacial score (nSPS) is 10.9. The molecule has 0 radical (unpaired) electrons. The van der Waals surface area contributed by atoms with Gasteiger partial charge >= 0.3 is 11.9 Å². The number of esters is 2. The second kappa shape index (κ2) is 11.8. The molecular weight excluding hydrogens is 512 g/mol. The quantitative estimate of drug-likeness (QED) is 0.407. The summed E-state index contributed by atoms with van der Waals surface area (Å²) < 4.78 is 43.4. The number of methoxy groups -OCH3 is 3. The predicted molar refractivity (Wildman–Crippen MR) is 141 cm³/mol. The van der Waals surface area contributed by atoms with E-state index in [0.717, 1.165) is 15.4 Å². The first-order chi connectivity index (χ1) is 18.0. The Morgan fingerprint density at radius 3 is 2.05 bits per heavy atom. The molecule has 3 rings (SSSR count). The van der Waals surface area contributed by atoms with E-state index in [4.69, 9.17) is 14.2 Å². The summed E-state index contributed by atoms with van der Waals surface area (Å²) in [5, 5.41) is 2.54. The van der Waals surface area contributed by atoms with E-state index in [1.54, 1.807) is 37.3 Å². The number of nitrogens with zero attached hydrogens (tertiary/aromatic N) is 1. The molecule has 0 fully saturated rings. The minimum absolute atomic E-state index is 0.0256. The highest BCUT2D eigenvalue weighted by atomic mass is 32.2. The van der Waals surface area contributed by atoms with Gasteiger partial charge in [0.25, 0.3) is 10.0 Å². The molecule has 0 saturated heterocycles. The van der Waals surface area contributed by atoms with Crippen LogP contribution in [0.5, 0.6) is 5.75 Å². The Morgan fingerprint density at radius 2 is 1.45 bits per heavy atom. The number of nitrogens with one attached hydrogen (secondary N) is 1. The molecule has 3 aromatic carbocycles. The van der Waals surface area contributed by atoms with Crippen LogP contribution in [0.25, 0.3) is 0 Å². The van der Waals surface area contributed by atoms with Crippen molar-refractivity contribution in [1.82, 2.24) is 0 Å².